The van der Waals surface area contributed by atoms with Crippen LogP contribution in [0.5, 0.6) is 0 Å². The third-order valence-corrected chi connectivity index (χ3v) is 3.41. The molecule has 2 rings (SSSR count). The molecule has 2 unspecified atom stereocenters. The molecule has 0 spiro atoms. The maximum absolute atomic E-state index is 5.28. The minimum Gasteiger partial charge on any atom is -0.380 e. The van der Waals surface area contributed by atoms with Gasteiger partial charge in [-0.1, -0.05) is 24.3 Å². The van der Waals surface area contributed by atoms with Crippen LogP contribution in [0.4, 0.5) is 0 Å². The second-order valence-electron chi connectivity index (χ2n) is 4.67. The van der Waals surface area contributed by atoms with Gasteiger partial charge in [-0.25, -0.2) is 0 Å². The highest BCUT2D eigenvalue weighted by Crippen LogP contribution is 2.23. The minimum atomic E-state index is 0.262. The van der Waals surface area contributed by atoms with Gasteiger partial charge in [-0.2, -0.15) is 0 Å². The van der Waals surface area contributed by atoms with Gasteiger partial charge in [0.25, 0.3) is 0 Å². The lowest BCUT2D eigenvalue weighted by molar-refractivity contribution is 0.114. The summed E-state index contributed by atoms with van der Waals surface area (Å²) >= 11 is 0. The van der Waals surface area contributed by atoms with Crippen LogP contribution in [0.1, 0.15) is 30.5 Å². The lowest BCUT2D eigenvalue weighted by Gasteiger charge is -2.21. The zero-order valence-corrected chi connectivity index (χ0v) is 10.7. The average molecular weight is 234 g/mol. The van der Waals surface area contributed by atoms with Gasteiger partial charge in [0.1, 0.15) is 0 Å². The van der Waals surface area contributed by atoms with E-state index in [1.165, 1.54) is 11.1 Å². The maximum Gasteiger partial charge on any atom is 0.0667 e. The van der Waals surface area contributed by atoms with Crippen LogP contribution in [0.15, 0.2) is 24.3 Å². The fraction of sp³-hybridized carbons (Fsp3) is 0.571. The van der Waals surface area contributed by atoms with Crippen LogP contribution in [0.2, 0.25) is 0 Å². The highest BCUT2D eigenvalue weighted by atomic mass is 16.5. The van der Waals surface area contributed by atoms with Gasteiger partial charge in [0, 0.05) is 26.2 Å². The zero-order chi connectivity index (χ0) is 12.1. The lowest BCUT2D eigenvalue weighted by atomic mass is 9.99. The van der Waals surface area contributed by atoms with Crippen LogP contribution in [-0.2, 0) is 11.3 Å². The standard InChI is InChI=1S/C14H22N2O/c1-11(17-2)9-16-14-7-8-15-10-12-5-3-4-6-13(12)14/h3-6,11,14-16H,7-10H2,1-2H3. The molecule has 0 bridgehead atoms. The molecule has 94 valence electrons. The number of methoxy groups -OCH3 is 1. The molecule has 2 N–H and O–H groups in total. The molecule has 1 aliphatic rings. The summed E-state index contributed by atoms with van der Waals surface area (Å²) in [6.45, 7) is 5.03. The number of fused-ring (bicyclic) bond motifs is 1. The molecule has 3 heteroatoms. The van der Waals surface area contributed by atoms with Crippen LogP contribution in [-0.4, -0.2) is 26.3 Å². The summed E-state index contributed by atoms with van der Waals surface area (Å²) in [5.74, 6) is 0. The quantitative estimate of drug-likeness (QED) is 0.834. The normalized spacial score (nSPS) is 21.6. The summed E-state index contributed by atoms with van der Waals surface area (Å²) in [7, 11) is 1.76. The maximum atomic E-state index is 5.28. The second-order valence-corrected chi connectivity index (χ2v) is 4.67. The van der Waals surface area contributed by atoms with Crippen LogP contribution in [0, 0.1) is 0 Å². The first kappa shape index (κ1) is 12.6. The Morgan fingerprint density at radius 2 is 2.29 bits per heavy atom. The zero-order valence-electron chi connectivity index (χ0n) is 10.7. The van der Waals surface area contributed by atoms with Crippen molar-refractivity contribution < 1.29 is 4.74 Å². The van der Waals surface area contributed by atoms with Gasteiger partial charge >= 0.3 is 0 Å². The van der Waals surface area contributed by atoms with Crippen molar-refractivity contribution in [1.29, 1.82) is 0 Å². The first-order valence-electron chi connectivity index (χ1n) is 6.36. The Bertz CT molecular complexity index is 354. The average Bonchev–Trinajstić information content (AvgIpc) is 2.58. The monoisotopic (exact) mass is 234 g/mol. The van der Waals surface area contributed by atoms with Crippen molar-refractivity contribution in [2.75, 3.05) is 20.2 Å². The van der Waals surface area contributed by atoms with Gasteiger partial charge < -0.3 is 15.4 Å². The van der Waals surface area contributed by atoms with E-state index in [0.717, 1.165) is 26.1 Å². The Kier molecular flexibility index (Phi) is 4.54. The Balaban J connectivity index is 2.06. The van der Waals surface area contributed by atoms with Gasteiger partial charge in [0.2, 0.25) is 0 Å². The van der Waals surface area contributed by atoms with Crippen molar-refractivity contribution in [2.45, 2.75) is 32.0 Å². The number of ether oxygens (including phenoxy) is 1. The van der Waals surface area contributed by atoms with E-state index in [-0.39, 0.29) is 6.10 Å². The highest BCUT2D eigenvalue weighted by molar-refractivity contribution is 5.30. The van der Waals surface area contributed by atoms with E-state index < -0.39 is 0 Å². The van der Waals surface area contributed by atoms with E-state index in [1.54, 1.807) is 7.11 Å². The first-order chi connectivity index (χ1) is 8.31. The summed E-state index contributed by atoms with van der Waals surface area (Å²) < 4.78 is 5.28. The van der Waals surface area contributed by atoms with E-state index in [4.69, 9.17) is 4.74 Å². The summed E-state index contributed by atoms with van der Waals surface area (Å²) in [5, 5.41) is 7.07. The van der Waals surface area contributed by atoms with E-state index in [1.807, 2.05) is 0 Å². The molecule has 0 aliphatic carbocycles. The molecule has 1 aliphatic heterocycles. The van der Waals surface area contributed by atoms with Crippen molar-refractivity contribution in [2.24, 2.45) is 0 Å². The Morgan fingerprint density at radius 1 is 1.47 bits per heavy atom. The van der Waals surface area contributed by atoms with Gasteiger partial charge in [-0.15, -0.1) is 0 Å². The fourth-order valence-corrected chi connectivity index (χ4v) is 2.26. The molecule has 0 fully saturated rings. The Hall–Kier alpha value is -0.900. The summed E-state index contributed by atoms with van der Waals surface area (Å²) in [4.78, 5) is 0. The van der Waals surface area contributed by atoms with E-state index in [0.29, 0.717) is 6.04 Å². The predicted molar refractivity (Wildman–Crippen MR) is 70.0 cm³/mol. The molecular weight excluding hydrogens is 212 g/mol. The molecule has 1 aromatic carbocycles. The summed E-state index contributed by atoms with van der Waals surface area (Å²) in [5.41, 5.74) is 2.84. The van der Waals surface area contributed by atoms with Crippen LogP contribution >= 0.6 is 0 Å². The molecule has 3 nitrogen and oxygen atoms in total. The summed E-state index contributed by atoms with van der Waals surface area (Å²) in [6.07, 6.45) is 1.39. The van der Waals surface area contributed by atoms with E-state index >= 15 is 0 Å². The SMILES string of the molecule is COC(C)CNC1CCNCc2ccccc21. The smallest absolute Gasteiger partial charge is 0.0667 e. The van der Waals surface area contributed by atoms with Crippen molar-refractivity contribution >= 4 is 0 Å². The molecule has 0 saturated heterocycles. The number of rotatable bonds is 4. The van der Waals surface area contributed by atoms with Crippen LogP contribution in [0.3, 0.4) is 0 Å². The number of hydrogen-bond acceptors (Lipinski definition) is 3. The highest BCUT2D eigenvalue weighted by Gasteiger charge is 2.17. The number of hydrogen-bond donors (Lipinski definition) is 2. The summed E-state index contributed by atoms with van der Waals surface area (Å²) in [6, 6.07) is 9.12. The van der Waals surface area contributed by atoms with Crippen molar-refractivity contribution in [3.8, 4) is 0 Å². The molecule has 2 atom stereocenters. The van der Waals surface area contributed by atoms with Crippen molar-refractivity contribution in [1.82, 2.24) is 10.6 Å². The molecule has 1 aromatic rings. The predicted octanol–water partition coefficient (Wildman–Crippen LogP) is 1.85. The fourth-order valence-electron chi connectivity index (χ4n) is 2.26. The largest absolute Gasteiger partial charge is 0.380 e. The molecule has 0 aromatic heterocycles. The molecule has 0 amide bonds. The Morgan fingerprint density at radius 3 is 3.12 bits per heavy atom. The van der Waals surface area contributed by atoms with Crippen molar-refractivity contribution in [3.63, 3.8) is 0 Å². The molecule has 0 saturated carbocycles. The van der Waals surface area contributed by atoms with Gasteiger partial charge in [0.15, 0.2) is 0 Å². The molecule has 17 heavy (non-hydrogen) atoms. The molecule has 0 radical (unpaired) electrons. The van der Waals surface area contributed by atoms with Gasteiger partial charge in [0.05, 0.1) is 6.10 Å². The van der Waals surface area contributed by atoms with E-state index in [9.17, 15) is 0 Å². The van der Waals surface area contributed by atoms with E-state index in [2.05, 4.69) is 41.8 Å². The lowest BCUT2D eigenvalue weighted by Crippen LogP contribution is -2.30. The van der Waals surface area contributed by atoms with Gasteiger partial charge in [-0.3, -0.25) is 0 Å². The minimum absolute atomic E-state index is 0.262. The van der Waals surface area contributed by atoms with Crippen LogP contribution < -0.4 is 10.6 Å². The topological polar surface area (TPSA) is 33.3 Å². The van der Waals surface area contributed by atoms with Gasteiger partial charge in [-0.05, 0) is 31.0 Å². The third-order valence-electron chi connectivity index (χ3n) is 3.41. The third kappa shape index (κ3) is 3.28. The number of benzene rings is 1. The van der Waals surface area contributed by atoms with Crippen LogP contribution in [0.25, 0.3) is 0 Å². The first-order valence-corrected chi connectivity index (χ1v) is 6.36. The Labute approximate surface area is 104 Å². The molecular formula is C14H22N2O. The van der Waals surface area contributed by atoms with Crippen molar-refractivity contribution in [3.05, 3.63) is 35.4 Å². The second kappa shape index (κ2) is 6.15. The number of nitrogens with one attached hydrogen (secondary N) is 2. The molecule has 1 heterocycles.